The number of carbonyl (C=O) groups is 1. The Morgan fingerprint density at radius 2 is 1.74 bits per heavy atom. The molecule has 0 saturated heterocycles. The van der Waals surface area contributed by atoms with Crippen molar-refractivity contribution in [1.82, 2.24) is 4.72 Å². The minimum Gasteiger partial charge on any atom is -0.463 e. The van der Waals surface area contributed by atoms with Crippen molar-refractivity contribution in [3.63, 3.8) is 0 Å². The third-order valence-electron chi connectivity index (χ3n) is 3.94. The highest BCUT2D eigenvalue weighted by molar-refractivity contribution is 9.10. The fourth-order valence-corrected chi connectivity index (χ4v) is 3.99. The first-order valence-electron chi connectivity index (χ1n) is 8.46. The normalized spacial score (nSPS) is 13.3. The number of sulfonamides is 1. The van der Waals surface area contributed by atoms with Gasteiger partial charge in [-0.1, -0.05) is 51.8 Å². The molecule has 1 N–H and O–H groups in total. The van der Waals surface area contributed by atoms with Crippen molar-refractivity contribution in [2.75, 3.05) is 6.61 Å². The van der Waals surface area contributed by atoms with Gasteiger partial charge in [0.2, 0.25) is 10.0 Å². The van der Waals surface area contributed by atoms with Crippen molar-refractivity contribution >= 4 is 31.9 Å². The van der Waals surface area contributed by atoms with Gasteiger partial charge in [0.25, 0.3) is 0 Å². The van der Waals surface area contributed by atoms with Crippen LogP contribution in [0.3, 0.4) is 0 Å². The molecule has 0 aliphatic carbocycles. The second-order valence-electron chi connectivity index (χ2n) is 5.88. The van der Waals surface area contributed by atoms with E-state index in [2.05, 4.69) is 20.7 Å². The van der Waals surface area contributed by atoms with Crippen molar-refractivity contribution in [3.05, 3.63) is 75.8 Å². The van der Waals surface area contributed by atoms with Crippen LogP contribution in [0.2, 0.25) is 0 Å². The van der Waals surface area contributed by atoms with E-state index in [9.17, 15) is 13.2 Å². The van der Waals surface area contributed by atoms with Gasteiger partial charge >= 0.3 is 5.97 Å². The number of ether oxygens (including phenoxy) is 1. The van der Waals surface area contributed by atoms with Gasteiger partial charge in [0.05, 0.1) is 23.1 Å². The van der Waals surface area contributed by atoms with Crippen molar-refractivity contribution < 1.29 is 17.9 Å². The number of esters is 1. The number of hydrogen-bond donors (Lipinski definition) is 1. The monoisotopic (exact) mass is 451 g/mol. The van der Waals surface area contributed by atoms with E-state index in [1.54, 1.807) is 56.3 Å². The summed E-state index contributed by atoms with van der Waals surface area (Å²) in [5.41, 5.74) is 1.82. The summed E-state index contributed by atoms with van der Waals surface area (Å²) in [6.07, 6.45) is 1.57. The van der Waals surface area contributed by atoms with Crippen molar-refractivity contribution in [2.24, 2.45) is 0 Å². The zero-order valence-electron chi connectivity index (χ0n) is 15.4. The fraction of sp³-hybridized carbons (Fsp3) is 0.250. The predicted molar refractivity (Wildman–Crippen MR) is 109 cm³/mol. The predicted octanol–water partition coefficient (Wildman–Crippen LogP) is 4.29. The van der Waals surface area contributed by atoms with Crippen LogP contribution in [0.1, 0.15) is 31.0 Å². The van der Waals surface area contributed by atoms with Crippen LogP contribution in [-0.4, -0.2) is 21.0 Å². The lowest BCUT2D eigenvalue weighted by Crippen LogP contribution is -2.32. The quantitative estimate of drug-likeness (QED) is 0.503. The first-order chi connectivity index (χ1) is 12.8. The van der Waals surface area contributed by atoms with E-state index in [0.717, 1.165) is 10.0 Å². The van der Waals surface area contributed by atoms with Gasteiger partial charge in [-0.3, -0.25) is 0 Å². The Labute approximate surface area is 168 Å². The summed E-state index contributed by atoms with van der Waals surface area (Å²) < 4.78 is 34.4. The number of benzene rings is 2. The van der Waals surface area contributed by atoms with Crippen LogP contribution in [0.25, 0.3) is 0 Å². The Hall–Kier alpha value is -1.96. The van der Waals surface area contributed by atoms with Crippen LogP contribution in [0, 0.1) is 6.92 Å². The number of aryl methyl sites for hydroxylation is 1. The highest BCUT2D eigenvalue weighted by Crippen LogP contribution is 2.27. The molecule has 1 atom stereocenters. The molecule has 144 valence electrons. The van der Waals surface area contributed by atoms with Gasteiger partial charge in [-0.05, 0) is 50.6 Å². The zero-order chi connectivity index (χ0) is 20.0. The Bertz CT molecular complexity index is 919. The third-order valence-corrected chi connectivity index (χ3v) is 5.91. The van der Waals surface area contributed by atoms with E-state index in [0.29, 0.717) is 5.56 Å². The molecule has 0 radical (unpaired) electrons. The Morgan fingerprint density at radius 3 is 2.26 bits per heavy atom. The summed E-state index contributed by atoms with van der Waals surface area (Å²) in [5.74, 6) is -0.556. The molecule has 0 spiro atoms. The molecular weight excluding hydrogens is 430 g/mol. The van der Waals surface area contributed by atoms with E-state index >= 15 is 0 Å². The van der Waals surface area contributed by atoms with E-state index < -0.39 is 22.0 Å². The lowest BCUT2D eigenvalue weighted by Gasteiger charge is -2.21. The molecule has 0 aromatic heterocycles. The summed E-state index contributed by atoms with van der Waals surface area (Å²) in [4.78, 5) is 12.5. The standard InChI is InChI=1S/C20H22BrNO4S/c1-4-18(20(23)26-5-2)19(15-8-10-16(21)11-9-15)22-27(24,25)17-12-6-14(3)7-13-17/h4,6-13,19,22H,5H2,1-3H3. The molecule has 1 unspecified atom stereocenters. The maximum atomic E-state index is 12.9. The van der Waals surface area contributed by atoms with Crippen molar-refractivity contribution in [3.8, 4) is 0 Å². The van der Waals surface area contributed by atoms with E-state index in [1.807, 2.05) is 6.92 Å². The van der Waals surface area contributed by atoms with E-state index in [4.69, 9.17) is 4.74 Å². The van der Waals surface area contributed by atoms with Crippen LogP contribution < -0.4 is 4.72 Å². The van der Waals surface area contributed by atoms with Gasteiger partial charge in [0, 0.05) is 4.47 Å². The summed E-state index contributed by atoms with van der Waals surface area (Å²) in [6.45, 7) is 5.47. The number of rotatable bonds is 7. The zero-order valence-corrected chi connectivity index (χ0v) is 17.8. The average molecular weight is 452 g/mol. The Morgan fingerprint density at radius 1 is 1.15 bits per heavy atom. The maximum Gasteiger partial charge on any atom is 0.335 e. The molecule has 2 rings (SSSR count). The molecule has 0 fully saturated rings. The smallest absolute Gasteiger partial charge is 0.335 e. The summed E-state index contributed by atoms with van der Waals surface area (Å²) >= 11 is 3.36. The highest BCUT2D eigenvalue weighted by atomic mass is 79.9. The lowest BCUT2D eigenvalue weighted by molar-refractivity contribution is -0.138. The second-order valence-corrected chi connectivity index (χ2v) is 8.51. The average Bonchev–Trinajstić information content (AvgIpc) is 2.63. The molecule has 7 heteroatoms. The molecule has 27 heavy (non-hydrogen) atoms. The maximum absolute atomic E-state index is 12.9. The number of hydrogen-bond acceptors (Lipinski definition) is 4. The third kappa shape index (κ3) is 5.51. The SMILES string of the molecule is CC=C(C(=O)OCC)C(NS(=O)(=O)c1ccc(C)cc1)c1ccc(Br)cc1. The van der Waals surface area contributed by atoms with Crippen LogP contribution in [0.15, 0.2) is 69.5 Å². The van der Waals surface area contributed by atoms with Crippen molar-refractivity contribution in [2.45, 2.75) is 31.7 Å². The second kappa shape index (κ2) is 9.30. The minimum atomic E-state index is -3.85. The van der Waals surface area contributed by atoms with Crippen LogP contribution in [0.5, 0.6) is 0 Å². The first-order valence-corrected chi connectivity index (χ1v) is 10.7. The highest BCUT2D eigenvalue weighted by Gasteiger charge is 2.28. The molecule has 5 nitrogen and oxygen atoms in total. The van der Waals surface area contributed by atoms with Gasteiger partial charge in [0.15, 0.2) is 0 Å². The molecule has 0 aliphatic rings. The van der Waals surface area contributed by atoms with E-state index in [1.165, 1.54) is 12.1 Å². The molecular formula is C20H22BrNO4S. The molecule has 2 aromatic rings. The molecule has 0 amide bonds. The van der Waals surface area contributed by atoms with Crippen LogP contribution in [0.4, 0.5) is 0 Å². The summed E-state index contributed by atoms with van der Waals surface area (Å²) in [5, 5.41) is 0. The molecule has 0 saturated carbocycles. The topological polar surface area (TPSA) is 72.5 Å². The van der Waals surface area contributed by atoms with Gasteiger partial charge in [-0.15, -0.1) is 0 Å². The number of halogens is 1. The summed E-state index contributed by atoms with van der Waals surface area (Å²) in [6, 6.07) is 12.8. The molecule has 0 aliphatic heterocycles. The van der Waals surface area contributed by atoms with Crippen molar-refractivity contribution in [1.29, 1.82) is 0 Å². The van der Waals surface area contributed by atoms with Gasteiger partial charge in [-0.2, -0.15) is 4.72 Å². The largest absolute Gasteiger partial charge is 0.463 e. The van der Waals surface area contributed by atoms with E-state index in [-0.39, 0.29) is 17.1 Å². The number of nitrogens with one attached hydrogen (secondary N) is 1. The Balaban J connectivity index is 2.47. The lowest BCUT2D eigenvalue weighted by atomic mass is 9.99. The van der Waals surface area contributed by atoms with Crippen LogP contribution in [-0.2, 0) is 19.6 Å². The van der Waals surface area contributed by atoms with Gasteiger partial charge in [0.1, 0.15) is 0 Å². The molecule has 0 bridgehead atoms. The fourth-order valence-electron chi connectivity index (χ4n) is 2.52. The molecule has 0 heterocycles. The minimum absolute atomic E-state index is 0.134. The summed E-state index contributed by atoms with van der Waals surface area (Å²) in [7, 11) is -3.85. The molecule has 2 aromatic carbocycles. The Kier molecular flexibility index (Phi) is 7.35. The number of carbonyl (C=O) groups excluding carboxylic acids is 1. The van der Waals surface area contributed by atoms with Gasteiger partial charge in [-0.25, -0.2) is 13.2 Å². The number of allylic oxidation sites excluding steroid dienone is 1. The first kappa shape index (κ1) is 21.3. The van der Waals surface area contributed by atoms with Crippen LogP contribution >= 0.6 is 15.9 Å². The van der Waals surface area contributed by atoms with Gasteiger partial charge < -0.3 is 4.74 Å².